The maximum Gasteiger partial charge on any atom is 0.222 e. The third-order valence-electron chi connectivity index (χ3n) is 4.19. The number of likely N-dealkylation sites (tertiary alicyclic amines) is 1. The Balaban J connectivity index is 1.83. The number of hydrogen-bond acceptors (Lipinski definition) is 5. The van der Waals surface area contributed by atoms with Crippen LogP contribution in [0.2, 0.25) is 0 Å². The molecule has 2 rings (SSSR count). The van der Waals surface area contributed by atoms with Crippen LogP contribution < -0.4 is 5.73 Å². The number of carbonyl (C=O) groups is 1. The number of nitrogen functional groups attached to an aromatic ring is 1. The summed E-state index contributed by atoms with van der Waals surface area (Å²) in [5.74, 6) is 2.08. The molecule has 0 saturated carbocycles. The van der Waals surface area contributed by atoms with E-state index in [4.69, 9.17) is 5.73 Å². The summed E-state index contributed by atoms with van der Waals surface area (Å²) in [6, 6.07) is 2.06. The monoisotopic (exact) mass is 305 g/mol. The molecule has 122 valence electrons. The number of amides is 1. The topological polar surface area (TPSA) is 75.4 Å². The molecule has 1 atom stereocenters. The van der Waals surface area contributed by atoms with E-state index in [1.807, 2.05) is 4.90 Å². The van der Waals surface area contributed by atoms with Crippen molar-refractivity contribution in [1.29, 1.82) is 0 Å². The van der Waals surface area contributed by atoms with Crippen LogP contribution in [-0.2, 0) is 11.3 Å². The molecule has 6 heteroatoms. The molecule has 0 bridgehead atoms. The second-order valence-corrected chi connectivity index (χ2v) is 6.53. The Bertz CT molecular complexity index is 505. The Labute approximate surface area is 132 Å². The van der Waals surface area contributed by atoms with E-state index in [2.05, 4.69) is 35.8 Å². The molecule has 0 aliphatic carbocycles. The summed E-state index contributed by atoms with van der Waals surface area (Å²) in [5.41, 5.74) is 5.68. The maximum atomic E-state index is 12.2. The number of anilines is 1. The van der Waals surface area contributed by atoms with E-state index < -0.39 is 0 Å². The van der Waals surface area contributed by atoms with Crippen molar-refractivity contribution in [3.8, 4) is 0 Å². The van der Waals surface area contributed by atoms with Crippen LogP contribution in [0.5, 0.6) is 0 Å². The van der Waals surface area contributed by atoms with Gasteiger partial charge in [-0.1, -0.05) is 13.8 Å². The van der Waals surface area contributed by atoms with E-state index in [1.165, 1.54) is 0 Å². The first kappa shape index (κ1) is 16.7. The molecule has 1 aromatic rings. The summed E-state index contributed by atoms with van der Waals surface area (Å²) in [6.07, 6.45) is 4.31. The fourth-order valence-corrected chi connectivity index (χ4v) is 2.74. The third kappa shape index (κ3) is 4.66. The molecule has 1 aliphatic heterocycles. The zero-order chi connectivity index (χ0) is 16.1. The average molecular weight is 305 g/mol. The summed E-state index contributed by atoms with van der Waals surface area (Å²) in [6.45, 7) is 6.61. The summed E-state index contributed by atoms with van der Waals surface area (Å²) in [7, 11) is 2.05. The molecule has 2 heterocycles. The standard InChI is InChI=1S/C16H27N5O/c1-12(2)4-5-16(22)21-9-7-13(10-21)20(3)11-15-18-8-6-14(17)19-15/h6,8,12-13H,4-5,7,9-11H2,1-3H3,(H2,17,18,19)/t13-/m1/s1. The lowest BCUT2D eigenvalue weighted by Crippen LogP contribution is -2.36. The van der Waals surface area contributed by atoms with Crippen molar-refractivity contribution in [1.82, 2.24) is 19.8 Å². The van der Waals surface area contributed by atoms with Gasteiger partial charge < -0.3 is 10.6 Å². The Morgan fingerprint density at radius 3 is 3.00 bits per heavy atom. The molecular weight excluding hydrogens is 278 g/mol. The van der Waals surface area contributed by atoms with Crippen LogP contribution in [-0.4, -0.2) is 51.9 Å². The molecule has 1 amide bonds. The number of carbonyl (C=O) groups excluding carboxylic acids is 1. The predicted molar refractivity (Wildman–Crippen MR) is 87.0 cm³/mol. The highest BCUT2D eigenvalue weighted by atomic mass is 16.2. The zero-order valence-electron chi connectivity index (χ0n) is 13.8. The average Bonchev–Trinajstić information content (AvgIpc) is 2.94. The Morgan fingerprint density at radius 1 is 1.55 bits per heavy atom. The Morgan fingerprint density at radius 2 is 2.32 bits per heavy atom. The van der Waals surface area contributed by atoms with Crippen molar-refractivity contribution in [2.24, 2.45) is 5.92 Å². The minimum Gasteiger partial charge on any atom is -0.384 e. The fraction of sp³-hybridized carbons (Fsp3) is 0.688. The molecule has 2 N–H and O–H groups in total. The van der Waals surface area contributed by atoms with Crippen LogP contribution in [0.3, 0.4) is 0 Å². The molecule has 1 aliphatic rings. The molecule has 1 aromatic heterocycles. The van der Waals surface area contributed by atoms with Crippen LogP contribution >= 0.6 is 0 Å². The van der Waals surface area contributed by atoms with Gasteiger partial charge in [-0.3, -0.25) is 9.69 Å². The Hall–Kier alpha value is -1.69. The van der Waals surface area contributed by atoms with Crippen molar-refractivity contribution >= 4 is 11.7 Å². The molecule has 6 nitrogen and oxygen atoms in total. The summed E-state index contributed by atoms with van der Waals surface area (Å²) >= 11 is 0. The van der Waals surface area contributed by atoms with E-state index in [0.717, 1.165) is 31.8 Å². The lowest BCUT2D eigenvalue weighted by Gasteiger charge is -2.24. The fourth-order valence-electron chi connectivity index (χ4n) is 2.74. The number of rotatable bonds is 6. The van der Waals surface area contributed by atoms with E-state index in [-0.39, 0.29) is 5.91 Å². The highest BCUT2D eigenvalue weighted by molar-refractivity contribution is 5.76. The minimum atomic E-state index is 0.282. The van der Waals surface area contributed by atoms with Gasteiger partial charge in [0.05, 0.1) is 6.54 Å². The normalized spacial score (nSPS) is 18.4. The first-order valence-corrected chi connectivity index (χ1v) is 8.01. The van der Waals surface area contributed by atoms with Gasteiger partial charge in [0.2, 0.25) is 5.91 Å². The molecule has 0 aromatic carbocycles. The van der Waals surface area contributed by atoms with Crippen molar-refractivity contribution in [2.45, 2.75) is 45.7 Å². The largest absolute Gasteiger partial charge is 0.384 e. The number of likely N-dealkylation sites (N-methyl/N-ethyl adjacent to an activating group) is 1. The highest BCUT2D eigenvalue weighted by Gasteiger charge is 2.28. The van der Waals surface area contributed by atoms with Crippen molar-refractivity contribution in [2.75, 3.05) is 25.9 Å². The molecule has 0 radical (unpaired) electrons. The van der Waals surface area contributed by atoms with Gasteiger partial charge in [-0.15, -0.1) is 0 Å². The van der Waals surface area contributed by atoms with Crippen molar-refractivity contribution in [3.05, 3.63) is 18.1 Å². The van der Waals surface area contributed by atoms with Gasteiger partial charge in [-0.2, -0.15) is 0 Å². The molecule has 1 fully saturated rings. The zero-order valence-corrected chi connectivity index (χ0v) is 13.8. The lowest BCUT2D eigenvalue weighted by molar-refractivity contribution is -0.130. The molecule has 0 unspecified atom stereocenters. The Kier molecular flexibility index (Phi) is 5.71. The molecular formula is C16H27N5O. The SMILES string of the molecule is CC(C)CCC(=O)N1CC[C@@H](N(C)Cc2nccc(N)n2)C1. The van der Waals surface area contributed by atoms with Crippen molar-refractivity contribution in [3.63, 3.8) is 0 Å². The molecule has 22 heavy (non-hydrogen) atoms. The second kappa shape index (κ2) is 7.54. The van der Waals surface area contributed by atoms with Crippen LogP contribution in [0.25, 0.3) is 0 Å². The first-order chi connectivity index (χ1) is 10.5. The quantitative estimate of drug-likeness (QED) is 0.862. The predicted octanol–water partition coefficient (Wildman–Crippen LogP) is 1.53. The first-order valence-electron chi connectivity index (χ1n) is 8.01. The van der Waals surface area contributed by atoms with Crippen LogP contribution in [0.1, 0.15) is 38.9 Å². The number of aromatic nitrogens is 2. The van der Waals surface area contributed by atoms with Crippen LogP contribution in [0, 0.1) is 5.92 Å². The van der Waals surface area contributed by atoms with Gasteiger partial charge >= 0.3 is 0 Å². The van der Waals surface area contributed by atoms with E-state index in [1.54, 1.807) is 12.3 Å². The summed E-state index contributed by atoms with van der Waals surface area (Å²) < 4.78 is 0. The second-order valence-electron chi connectivity index (χ2n) is 6.53. The molecule has 1 saturated heterocycles. The highest BCUT2D eigenvalue weighted by Crippen LogP contribution is 2.18. The van der Waals surface area contributed by atoms with Gasteiger partial charge in [0.1, 0.15) is 11.6 Å². The third-order valence-corrected chi connectivity index (χ3v) is 4.19. The van der Waals surface area contributed by atoms with Crippen LogP contribution in [0.4, 0.5) is 5.82 Å². The minimum absolute atomic E-state index is 0.282. The van der Waals surface area contributed by atoms with Gasteiger partial charge in [-0.25, -0.2) is 9.97 Å². The van der Waals surface area contributed by atoms with Crippen LogP contribution in [0.15, 0.2) is 12.3 Å². The number of nitrogens with zero attached hydrogens (tertiary/aromatic N) is 4. The number of hydrogen-bond donors (Lipinski definition) is 1. The van der Waals surface area contributed by atoms with Gasteiger partial charge in [0, 0.05) is 31.7 Å². The van der Waals surface area contributed by atoms with Crippen molar-refractivity contribution < 1.29 is 4.79 Å². The van der Waals surface area contributed by atoms with Gasteiger partial charge in [0.25, 0.3) is 0 Å². The summed E-state index contributed by atoms with van der Waals surface area (Å²) in [4.78, 5) is 24.9. The molecule has 0 spiro atoms. The maximum absolute atomic E-state index is 12.2. The lowest BCUT2D eigenvalue weighted by atomic mass is 10.1. The number of nitrogens with two attached hydrogens (primary N) is 1. The van der Waals surface area contributed by atoms with Gasteiger partial charge in [0.15, 0.2) is 0 Å². The smallest absolute Gasteiger partial charge is 0.222 e. The summed E-state index contributed by atoms with van der Waals surface area (Å²) in [5, 5.41) is 0. The van der Waals surface area contributed by atoms with E-state index in [0.29, 0.717) is 30.7 Å². The van der Waals surface area contributed by atoms with E-state index >= 15 is 0 Å². The van der Waals surface area contributed by atoms with E-state index in [9.17, 15) is 4.79 Å². The van der Waals surface area contributed by atoms with Gasteiger partial charge in [-0.05, 0) is 31.9 Å².